The Kier molecular flexibility index (Phi) is 4.25. The van der Waals surface area contributed by atoms with Gasteiger partial charge in [-0.2, -0.15) is 0 Å². The lowest BCUT2D eigenvalue weighted by atomic mass is 9.91. The molecule has 0 saturated carbocycles. The minimum Gasteiger partial charge on any atom is -0.448 e. The minimum atomic E-state index is -4.65. The molecule has 2 nitrogen and oxygen atoms in total. The van der Waals surface area contributed by atoms with Gasteiger partial charge in [0.25, 0.3) is 0 Å². The predicted molar refractivity (Wildman–Crippen MR) is 52.2 cm³/mol. The highest BCUT2D eigenvalue weighted by atomic mass is 19.4. The Hall–Kier alpha value is -0.225. The molecule has 14 heavy (non-hydrogen) atoms. The van der Waals surface area contributed by atoms with Gasteiger partial charge in [0.05, 0.1) is 0 Å². The smallest absolute Gasteiger partial charge is 0.448 e. The van der Waals surface area contributed by atoms with Crippen molar-refractivity contribution < 1.29 is 12.9 Å². The first-order valence-electron chi connectivity index (χ1n) is 5.17. The second kappa shape index (κ2) is 5.02. The Labute approximate surface area is 83.1 Å². The number of hydrogen-bond donors (Lipinski definition) is 0. The van der Waals surface area contributed by atoms with E-state index in [4.69, 9.17) is 0 Å². The quantitative estimate of drug-likeness (QED) is 0.645. The summed E-state index contributed by atoms with van der Waals surface area (Å²) >= 11 is 0. The summed E-state index contributed by atoms with van der Waals surface area (Å²) in [5.74, 6) is 0. The zero-order valence-corrected chi connectivity index (χ0v) is 8.56. The third-order valence-corrected chi connectivity index (χ3v) is 2.47. The zero-order valence-electron chi connectivity index (χ0n) is 8.56. The van der Waals surface area contributed by atoms with Crippen LogP contribution in [0.25, 0.3) is 0 Å². The number of halogens is 3. The lowest BCUT2D eigenvalue weighted by molar-refractivity contribution is 0.139. The number of hydrogen-bond acceptors (Lipinski definition) is 2. The van der Waals surface area contributed by atoms with Crippen LogP contribution in [0.4, 0.5) is 12.9 Å². The molecule has 0 N–H and O–H groups in total. The topological polar surface area (TPSA) is 6.48 Å². The lowest BCUT2D eigenvalue weighted by Gasteiger charge is -2.36. The van der Waals surface area contributed by atoms with Crippen LogP contribution in [0.15, 0.2) is 0 Å². The Balaban J connectivity index is 2.22. The molecule has 0 atom stereocenters. The van der Waals surface area contributed by atoms with E-state index in [0.29, 0.717) is 13.1 Å². The Morgan fingerprint density at radius 1 is 1.00 bits per heavy atom. The average molecular weight is 209 g/mol. The van der Waals surface area contributed by atoms with Gasteiger partial charge in [-0.15, -0.1) is 0 Å². The van der Waals surface area contributed by atoms with Gasteiger partial charge >= 0.3 is 6.98 Å². The molecule has 0 bridgehead atoms. The van der Waals surface area contributed by atoms with Crippen molar-refractivity contribution in [2.45, 2.75) is 13.3 Å². The molecule has 6 heteroatoms. The molecule has 1 aliphatic rings. The van der Waals surface area contributed by atoms with Crippen molar-refractivity contribution in [3.05, 3.63) is 0 Å². The Bertz CT molecular complexity index is 166. The van der Waals surface area contributed by atoms with E-state index in [0.717, 1.165) is 26.1 Å². The van der Waals surface area contributed by atoms with Crippen LogP contribution in [0.1, 0.15) is 13.3 Å². The molecule has 84 valence electrons. The summed E-state index contributed by atoms with van der Waals surface area (Å²) in [5.41, 5.74) is 0. The largest absolute Gasteiger partial charge is 0.492 e. The second-order valence-corrected chi connectivity index (χ2v) is 3.85. The molecule has 1 saturated heterocycles. The molecule has 0 aliphatic carbocycles. The van der Waals surface area contributed by atoms with E-state index in [1.54, 1.807) is 0 Å². The van der Waals surface area contributed by atoms with E-state index in [2.05, 4.69) is 11.8 Å². The summed E-state index contributed by atoms with van der Waals surface area (Å²) in [6, 6.07) is 0. The van der Waals surface area contributed by atoms with E-state index in [1.165, 1.54) is 4.90 Å². The van der Waals surface area contributed by atoms with E-state index < -0.39 is 13.4 Å². The van der Waals surface area contributed by atoms with Crippen LogP contribution in [-0.4, -0.2) is 55.9 Å². The molecule has 1 heterocycles. The summed E-state index contributed by atoms with van der Waals surface area (Å²) in [4.78, 5) is 3.73. The fourth-order valence-corrected chi connectivity index (χ4v) is 1.80. The van der Waals surface area contributed by atoms with Crippen molar-refractivity contribution in [3.63, 3.8) is 0 Å². The monoisotopic (exact) mass is 209 g/mol. The molecule has 1 fully saturated rings. The molecule has 0 radical (unpaired) electrons. The van der Waals surface area contributed by atoms with E-state index >= 15 is 0 Å². The third kappa shape index (κ3) is 4.33. The van der Waals surface area contributed by atoms with Crippen LogP contribution >= 0.6 is 0 Å². The van der Waals surface area contributed by atoms with Crippen LogP contribution in [0.5, 0.6) is 0 Å². The molecular formula is C8H17BF3N2-. The first-order valence-corrected chi connectivity index (χ1v) is 5.17. The van der Waals surface area contributed by atoms with Crippen molar-refractivity contribution in [3.8, 4) is 0 Å². The van der Waals surface area contributed by atoms with E-state index in [9.17, 15) is 12.9 Å². The zero-order chi connectivity index (χ0) is 10.6. The molecule has 1 aliphatic heterocycles. The van der Waals surface area contributed by atoms with E-state index in [1.807, 2.05) is 0 Å². The number of rotatable bonds is 4. The summed E-state index contributed by atoms with van der Waals surface area (Å²) < 4.78 is 36.3. The summed E-state index contributed by atoms with van der Waals surface area (Å²) in [5, 5.41) is 0. The van der Waals surface area contributed by atoms with E-state index in [-0.39, 0.29) is 0 Å². The fraction of sp³-hybridized carbons (Fsp3) is 1.00. The van der Waals surface area contributed by atoms with Gasteiger partial charge in [0, 0.05) is 26.2 Å². The van der Waals surface area contributed by atoms with Crippen molar-refractivity contribution in [2.75, 3.05) is 39.2 Å². The van der Waals surface area contributed by atoms with Gasteiger partial charge in [0.15, 0.2) is 0 Å². The van der Waals surface area contributed by atoms with Crippen molar-refractivity contribution in [1.82, 2.24) is 9.80 Å². The Morgan fingerprint density at radius 2 is 1.50 bits per heavy atom. The second-order valence-electron chi connectivity index (χ2n) is 3.85. The van der Waals surface area contributed by atoms with Gasteiger partial charge in [0.2, 0.25) is 0 Å². The first-order chi connectivity index (χ1) is 6.51. The molecular weight excluding hydrogens is 192 g/mol. The fourth-order valence-electron chi connectivity index (χ4n) is 1.80. The lowest BCUT2D eigenvalue weighted by Crippen LogP contribution is -2.50. The molecule has 1 rings (SSSR count). The van der Waals surface area contributed by atoms with Crippen molar-refractivity contribution in [2.24, 2.45) is 0 Å². The van der Waals surface area contributed by atoms with Gasteiger partial charge in [-0.05, 0) is 19.4 Å². The average Bonchev–Trinajstić information content (AvgIpc) is 2.06. The normalized spacial score (nSPS) is 21.4. The summed E-state index contributed by atoms with van der Waals surface area (Å²) in [6.07, 6.45) is 0.378. The SMILES string of the molecule is CCCN1CCN(C[B-](F)(F)F)CC1. The van der Waals surface area contributed by atoms with Crippen LogP contribution < -0.4 is 0 Å². The molecule has 0 unspecified atom stereocenters. The first kappa shape index (κ1) is 11.8. The van der Waals surface area contributed by atoms with Crippen molar-refractivity contribution in [1.29, 1.82) is 0 Å². The van der Waals surface area contributed by atoms with Crippen LogP contribution in [0.3, 0.4) is 0 Å². The van der Waals surface area contributed by atoms with Crippen LogP contribution in [-0.2, 0) is 0 Å². The van der Waals surface area contributed by atoms with Gasteiger partial charge in [-0.3, -0.25) is 0 Å². The minimum absolute atomic E-state index is 0.557. The molecule has 0 aromatic carbocycles. The molecule has 0 aromatic heterocycles. The highest BCUT2D eigenvalue weighted by Gasteiger charge is 2.28. The van der Waals surface area contributed by atoms with Crippen LogP contribution in [0, 0.1) is 0 Å². The van der Waals surface area contributed by atoms with Gasteiger partial charge in [0.1, 0.15) is 0 Å². The van der Waals surface area contributed by atoms with Crippen molar-refractivity contribution >= 4 is 6.98 Å². The van der Waals surface area contributed by atoms with Gasteiger partial charge in [-0.1, -0.05) is 6.92 Å². The predicted octanol–water partition coefficient (Wildman–Crippen LogP) is 1.40. The Morgan fingerprint density at radius 3 is 1.93 bits per heavy atom. The maximum absolute atomic E-state index is 12.1. The molecule has 0 amide bonds. The van der Waals surface area contributed by atoms with Gasteiger partial charge < -0.3 is 22.7 Å². The highest BCUT2D eigenvalue weighted by molar-refractivity contribution is 6.58. The maximum atomic E-state index is 12.1. The standard InChI is InChI=1S/C8H17BF3N2/c1-2-3-13-4-6-14(7-5-13)8-9(10,11)12/h2-8H2,1H3/q-1. The highest BCUT2D eigenvalue weighted by Crippen LogP contribution is 2.12. The number of piperazine rings is 1. The van der Waals surface area contributed by atoms with Gasteiger partial charge in [-0.25, -0.2) is 0 Å². The summed E-state index contributed by atoms with van der Waals surface area (Å²) in [6.45, 7) is 1.12. The number of nitrogens with zero attached hydrogens (tertiary/aromatic N) is 2. The molecule has 0 spiro atoms. The summed E-state index contributed by atoms with van der Waals surface area (Å²) in [7, 11) is 0. The van der Waals surface area contributed by atoms with Crippen LogP contribution in [0.2, 0.25) is 0 Å². The maximum Gasteiger partial charge on any atom is 0.492 e. The molecule has 0 aromatic rings. The third-order valence-electron chi connectivity index (χ3n) is 2.47.